The third-order valence-electron chi connectivity index (χ3n) is 2.58. The first kappa shape index (κ1) is 12.5. The van der Waals surface area contributed by atoms with Crippen LogP contribution in [-0.4, -0.2) is 17.6 Å². The normalized spacial score (nSPS) is 12.1. The topological polar surface area (TPSA) is 49.3 Å². The molecule has 0 radical (unpaired) electrons. The smallest absolute Gasteiger partial charge is 0.332 e. The minimum Gasteiger partial charge on any atom is -0.478 e. The van der Waals surface area contributed by atoms with E-state index in [0.717, 1.165) is 0 Å². The van der Waals surface area contributed by atoms with Crippen LogP contribution in [0.5, 0.6) is 0 Å². The highest BCUT2D eigenvalue weighted by molar-refractivity contribution is 5.86. The van der Waals surface area contributed by atoms with Gasteiger partial charge in [0.2, 0.25) is 0 Å². The molecule has 0 aliphatic rings. The molecule has 0 saturated heterocycles. The molecule has 1 aromatic carbocycles. The third-order valence-corrected chi connectivity index (χ3v) is 2.58. The number of carboxylic acid groups (broad SMARTS) is 1. The maximum atomic E-state index is 10.6. The van der Waals surface area contributed by atoms with Crippen molar-refractivity contribution in [1.29, 1.82) is 0 Å². The van der Waals surface area contributed by atoms with E-state index in [9.17, 15) is 4.79 Å². The number of aliphatic carboxylic acids is 1. The van der Waals surface area contributed by atoms with E-state index in [1.54, 1.807) is 0 Å². The first-order valence-electron chi connectivity index (χ1n) is 5.22. The fourth-order valence-corrected chi connectivity index (χ4v) is 1.53. The number of rotatable bonds is 5. The highest BCUT2D eigenvalue weighted by atomic mass is 16.4. The van der Waals surface area contributed by atoms with Crippen molar-refractivity contribution in [3.63, 3.8) is 0 Å². The van der Waals surface area contributed by atoms with Crippen LogP contribution >= 0.6 is 0 Å². The first-order valence-corrected chi connectivity index (χ1v) is 5.22. The Hall–Kier alpha value is -1.61. The van der Waals surface area contributed by atoms with Gasteiger partial charge in [-0.25, -0.2) is 4.79 Å². The Morgan fingerprint density at radius 1 is 1.50 bits per heavy atom. The Kier molecular flexibility index (Phi) is 4.26. The summed E-state index contributed by atoms with van der Waals surface area (Å²) in [4.78, 5) is 10.6. The van der Waals surface area contributed by atoms with Crippen molar-refractivity contribution in [3.8, 4) is 0 Å². The maximum Gasteiger partial charge on any atom is 0.332 e. The van der Waals surface area contributed by atoms with Gasteiger partial charge >= 0.3 is 5.97 Å². The van der Waals surface area contributed by atoms with Crippen LogP contribution in [0.25, 0.3) is 0 Å². The minimum atomic E-state index is -0.954. The summed E-state index contributed by atoms with van der Waals surface area (Å²) in [6.07, 6.45) is 0. The van der Waals surface area contributed by atoms with Gasteiger partial charge in [-0.15, -0.1) is 0 Å². The van der Waals surface area contributed by atoms with Crippen LogP contribution in [0, 0.1) is 6.92 Å². The molecule has 0 spiro atoms. The maximum absolute atomic E-state index is 10.6. The number of carbonyl (C=O) groups is 1. The monoisotopic (exact) mass is 219 g/mol. The average molecular weight is 219 g/mol. The van der Waals surface area contributed by atoms with Crippen LogP contribution in [0.3, 0.4) is 0 Å². The Bertz CT molecular complexity index is 399. The molecule has 3 heteroatoms. The molecule has 0 unspecified atom stereocenters. The summed E-state index contributed by atoms with van der Waals surface area (Å²) in [6.45, 7) is 7.83. The molecule has 2 N–H and O–H groups in total. The molecule has 0 bridgehead atoms. The molecule has 0 aromatic heterocycles. The lowest BCUT2D eigenvalue weighted by atomic mass is 10.0. The fraction of sp³-hybridized carbons (Fsp3) is 0.308. The zero-order valence-electron chi connectivity index (χ0n) is 9.66. The molecule has 0 saturated carbocycles. The van der Waals surface area contributed by atoms with E-state index in [1.165, 1.54) is 11.1 Å². The van der Waals surface area contributed by atoms with Gasteiger partial charge in [0.15, 0.2) is 0 Å². The van der Waals surface area contributed by atoms with E-state index in [2.05, 4.69) is 11.9 Å². The highest BCUT2D eigenvalue weighted by Gasteiger charge is 2.09. The van der Waals surface area contributed by atoms with E-state index in [0.29, 0.717) is 6.54 Å². The van der Waals surface area contributed by atoms with Crippen molar-refractivity contribution in [1.82, 2.24) is 5.32 Å². The first-order chi connectivity index (χ1) is 7.52. The lowest BCUT2D eigenvalue weighted by Gasteiger charge is -2.16. The van der Waals surface area contributed by atoms with Crippen molar-refractivity contribution in [3.05, 3.63) is 47.5 Å². The lowest BCUT2D eigenvalue weighted by Crippen LogP contribution is -2.24. The van der Waals surface area contributed by atoms with Crippen LogP contribution in [0.15, 0.2) is 36.4 Å². The Morgan fingerprint density at radius 2 is 2.12 bits per heavy atom. The van der Waals surface area contributed by atoms with Gasteiger partial charge in [-0.1, -0.05) is 30.8 Å². The predicted octanol–water partition coefficient (Wildman–Crippen LogP) is 2.29. The van der Waals surface area contributed by atoms with E-state index >= 15 is 0 Å². The van der Waals surface area contributed by atoms with Crippen molar-refractivity contribution in [2.24, 2.45) is 0 Å². The molecule has 1 rings (SSSR count). The zero-order valence-corrected chi connectivity index (χ0v) is 9.66. The summed E-state index contributed by atoms with van der Waals surface area (Å²) in [5.41, 5.74) is 2.56. The van der Waals surface area contributed by atoms with E-state index in [4.69, 9.17) is 5.11 Å². The Labute approximate surface area is 95.8 Å². The van der Waals surface area contributed by atoms with Crippen LogP contribution in [0.4, 0.5) is 0 Å². The summed E-state index contributed by atoms with van der Waals surface area (Å²) in [5, 5.41) is 11.8. The molecule has 3 nitrogen and oxygen atoms in total. The Balaban J connectivity index is 2.60. The van der Waals surface area contributed by atoms with Crippen LogP contribution < -0.4 is 5.32 Å². The highest BCUT2D eigenvalue weighted by Crippen LogP contribution is 2.16. The number of benzene rings is 1. The quantitative estimate of drug-likeness (QED) is 0.747. The van der Waals surface area contributed by atoms with Gasteiger partial charge in [0.05, 0.1) is 0 Å². The Morgan fingerprint density at radius 3 is 2.69 bits per heavy atom. The summed E-state index contributed by atoms with van der Waals surface area (Å²) in [7, 11) is 0. The largest absolute Gasteiger partial charge is 0.478 e. The van der Waals surface area contributed by atoms with Gasteiger partial charge < -0.3 is 10.4 Å². The number of carboxylic acids is 1. The number of hydrogen-bond donors (Lipinski definition) is 2. The standard InChI is InChI=1S/C13H17NO2/c1-9-6-4-5-7-12(9)11(3)14-8-10(2)13(15)16/h4-7,11,14H,2,8H2,1,3H3,(H,15,16)/t11-/m1/s1. The summed E-state index contributed by atoms with van der Waals surface area (Å²) in [6, 6.07) is 8.17. The molecule has 0 aliphatic heterocycles. The lowest BCUT2D eigenvalue weighted by molar-refractivity contribution is -0.132. The molecule has 86 valence electrons. The fourth-order valence-electron chi connectivity index (χ4n) is 1.53. The van der Waals surface area contributed by atoms with Gasteiger partial charge in [0.25, 0.3) is 0 Å². The van der Waals surface area contributed by atoms with Gasteiger partial charge in [-0.05, 0) is 25.0 Å². The second-order valence-corrected chi connectivity index (χ2v) is 3.87. The molecule has 0 fully saturated rings. The van der Waals surface area contributed by atoms with Crippen LogP contribution in [0.1, 0.15) is 24.1 Å². The molecule has 1 atom stereocenters. The van der Waals surface area contributed by atoms with E-state index < -0.39 is 5.97 Å². The van der Waals surface area contributed by atoms with Gasteiger partial charge in [0.1, 0.15) is 0 Å². The second kappa shape index (κ2) is 5.47. The van der Waals surface area contributed by atoms with Crippen molar-refractivity contribution in [2.75, 3.05) is 6.54 Å². The summed E-state index contributed by atoms with van der Waals surface area (Å²) in [5.74, 6) is -0.954. The van der Waals surface area contributed by atoms with Crippen molar-refractivity contribution < 1.29 is 9.90 Å². The molecule has 0 heterocycles. The number of aryl methyl sites for hydroxylation is 1. The predicted molar refractivity (Wildman–Crippen MR) is 64.4 cm³/mol. The molecular formula is C13H17NO2. The van der Waals surface area contributed by atoms with Crippen LogP contribution in [0.2, 0.25) is 0 Å². The summed E-state index contributed by atoms with van der Waals surface area (Å²) >= 11 is 0. The molecule has 16 heavy (non-hydrogen) atoms. The summed E-state index contributed by atoms with van der Waals surface area (Å²) < 4.78 is 0. The molecular weight excluding hydrogens is 202 g/mol. The molecule has 0 amide bonds. The zero-order chi connectivity index (χ0) is 12.1. The average Bonchev–Trinajstić information content (AvgIpc) is 2.25. The van der Waals surface area contributed by atoms with Crippen LogP contribution in [-0.2, 0) is 4.79 Å². The molecule has 1 aromatic rings. The number of nitrogens with one attached hydrogen (secondary N) is 1. The third kappa shape index (κ3) is 3.21. The minimum absolute atomic E-state index is 0.122. The van der Waals surface area contributed by atoms with Gasteiger partial charge in [-0.2, -0.15) is 0 Å². The van der Waals surface area contributed by atoms with Gasteiger partial charge in [-0.3, -0.25) is 0 Å². The van der Waals surface area contributed by atoms with E-state index in [-0.39, 0.29) is 11.6 Å². The second-order valence-electron chi connectivity index (χ2n) is 3.87. The van der Waals surface area contributed by atoms with Gasteiger partial charge in [0, 0.05) is 18.2 Å². The molecule has 0 aliphatic carbocycles. The SMILES string of the molecule is C=C(CN[C@H](C)c1ccccc1C)C(=O)O. The van der Waals surface area contributed by atoms with Crippen molar-refractivity contribution >= 4 is 5.97 Å². The van der Waals surface area contributed by atoms with E-state index in [1.807, 2.05) is 38.1 Å². The number of hydrogen-bond acceptors (Lipinski definition) is 2. The van der Waals surface area contributed by atoms with Crippen molar-refractivity contribution in [2.45, 2.75) is 19.9 Å².